The number of halogens is 2. The van der Waals surface area contributed by atoms with E-state index < -0.39 is 10.0 Å². The minimum atomic E-state index is -3.33. The van der Waals surface area contributed by atoms with Gasteiger partial charge in [-0.15, -0.1) is 0 Å². The van der Waals surface area contributed by atoms with Crippen LogP contribution in [0.2, 0.25) is 0 Å². The highest BCUT2D eigenvalue weighted by molar-refractivity contribution is 9.10. The van der Waals surface area contributed by atoms with E-state index in [1.54, 1.807) is 36.4 Å². The van der Waals surface area contributed by atoms with Crippen molar-refractivity contribution in [3.05, 3.63) is 82.1 Å². The first-order chi connectivity index (χ1) is 13.3. The van der Waals surface area contributed by atoms with Crippen molar-refractivity contribution >= 4 is 31.6 Å². The van der Waals surface area contributed by atoms with Crippen LogP contribution in [0.1, 0.15) is 11.1 Å². The summed E-state index contributed by atoms with van der Waals surface area (Å²) in [6.45, 7) is 0. The molecule has 0 bridgehead atoms. The second-order valence-electron chi connectivity index (χ2n) is 6.37. The Morgan fingerprint density at radius 2 is 1.79 bits per heavy atom. The molecule has 0 aliphatic rings. The van der Waals surface area contributed by atoms with Crippen LogP contribution in [0.5, 0.6) is 5.75 Å². The molecule has 0 saturated heterocycles. The number of rotatable bonds is 6. The lowest BCUT2D eigenvalue weighted by atomic mass is 9.97. The Morgan fingerprint density at radius 1 is 1.07 bits per heavy atom. The molecule has 0 saturated carbocycles. The molecule has 28 heavy (non-hydrogen) atoms. The first kappa shape index (κ1) is 20.4. The predicted molar refractivity (Wildman–Crippen MR) is 114 cm³/mol. The standard InChI is InChI=1S/C21H19BrFNO3S/c1-27-19-11-8-16(21(23)20(19)15-4-3-5-17(22)13-15)12-14-6-9-18(10-7-14)24-28(2,25)26/h3-11,13,24H,12H2,1-2H3. The molecule has 0 heterocycles. The van der Waals surface area contributed by atoms with E-state index in [4.69, 9.17) is 4.74 Å². The van der Waals surface area contributed by atoms with E-state index in [1.165, 1.54) is 7.11 Å². The summed E-state index contributed by atoms with van der Waals surface area (Å²) in [7, 11) is -1.81. The monoisotopic (exact) mass is 463 g/mol. The molecule has 0 fully saturated rings. The molecule has 7 heteroatoms. The highest BCUT2D eigenvalue weighted by Gasteiger charge is 2.16. The van der Waals surface area contributed by atoms with Crippen LogP contribution < -0.4 is 9.46 Å². The van der Waals surface area contributed by atoms with Crippen LogP contribution in [0.3, 0.4) is 0 Å². The Bertz CT molecular complexity index is 1100. The molecule has 0 aliphatic heterocycles. The Kier molecular flexibility index (Phi) is 6.05. The lowest BCUT2D eigenvalue weighted by Crippen LogP contribution is -2.09. The highest BCUT2D eigenvalue weighted by Crippen LogP contribution is 2.36. The zero-order valence-electron chi connectivity index (χ0n) is 15.4. The number of sulfonamides is 1. The van der Waals surface area contributed by atoms with E-state index in [2.05, 4.69) is 20.7 Å². The van der Waals surface area contributed by atoms with Gasteiger partial charge in [-0.25, -0.2) is 12.8 Å². The molecule has 3 rings (SSSR count). The summed E-state index contributed by atoms with van der Waals surface area (Å²) in [5, 5.41) is 0. The normalized spacial score (nSPS) is 11.3. The molecule has 0 amide bonds. The summed E-state index contributed by atoms with van der Waals surface area (Å²) >= 11 is 3.42. The number of hydrogen-bond acceptors (Lipinski definition) is 3. The van der Waals surface area contributed by atoms with Crippen molar-refractivity contribution in [2.45, 2.75) is 6.42 Å². The van der Waals surface area contributed by atoms with Crippen LogP contribution in [-0.2, 0) is 16.4 Å². The smallest absolute Gasteiger partial charge is 0.229 e. The molecule has 0 spiro atoms. The largest absolute Gasteiger partial charge is 0.496 e. The Morgan fingerprint density at radius 3 is 2.39 bits per heavy atom. The summed E-state index contributed by atoms with van der Waals surface area (Å²) in [6, 6.07) is 17.7. The number of benzene rings is 3. The van der Waals surface area contributed by atoms with Crippen LogP contribution in [0.15, 0.2) is 65.1 Å². The lowest BCUT2D eigenvalue weighted by Gasteiger charge is -2.14. The van der Waals surface area contributed by atoms with Crippen molar-refractivity contribution in [3.8, 4) is 16.9 Å². The fourth-order valence-electron chi connectivity index (χ4n) is 2.95. The van der Waals surface area contributed by atoms with E-state index in [9.17, 15) is 8.42 Å². The molecule has 0 radical (unpaired) electrons. The quantitative estimate of drug-likeness (QED) is 0.544. The van der Waals surface area contributed by atoms with Crippen LogP contribution in [0, 0.1) is 5.82 Å². The molecular weight excluding hydrogens is 445 g/mol. The third-order valence-corrected chi connectivity index (χ3v) is 5.27. The Hall–Kier alpha value is -2.38. The van der Waals surface area contributed by atoms with Crippen molar-refractivity contribution in [2.24, 2.45) is 0 Å². The van der Waals surface area contributed by atoms with Gasteiger partial charge in [0.1, 0.15) is 11.6 Å². The average molecular weight is 464 g/mol. The molecule has 1 N–H and O–H groups in total. The third kappa shape index (κ3) is 4.91. The van der Waals surface area contributed by atoms with E-state index in [1.807, 2.05) is 24.3 Å². The summed E-state index contributed by atoms with van der Waals surface area (Å²) in [5.41, 5.74) is 2.99. The first-order valence-corrected chi connectivity index (χ1v) is 11.1. The van der Waals surface area contributed by atoms with Crippen molar-refractivity contribution in [1.29, 1.82) is 0 Å². The number of ether oxygens (including phenoxy) is 1. The molecule has 146 valence electrons. The van der Waals surface area contributed by atoms with Crippen LogP contribution in [-0.4, -0.2) is 21.8 Å². The van der Waals surface area contributed by atoms with E-state index in [0.29, 0.717) is 29.0 Å². The second-order valence-corrected chi connectivity index (χ2v) is 9.04. The number of nitrogens with one attached hydrogen (secondary N) is 1. The zero-order chi connectivity index (χ0) is 20.3. The first-order valence-electron chi connectivity index (χ1n) is 8.45. The lowest BCUT2D eigenvalue weighted by molar-refractivity contribution is 0.413. The zero-order valence-corrected chi connectivity index (χ0v) is 17.8. The summed E-state index contributed by atoms with van der Waals surface area (Å²) < 4.78 is 46.6. The van der Waals surface area contributed by atoms with Gasteiger partial charge in [-0.2, -0.15) is 0 Å². The highest BCUT2D eigenvalue weighted by atomic mass is 79.9. The minimum absolute atomic E-state index is 0.337. The van der Waals surface area contributed by atoms with Crippen LogP contribution in [0.4, 0.5) is 10.1 Å². The predicted octanol–water partition coefficient (Wildman–Crippen LogP) is 5.23. The van der Waals surface area contributed by atoms with Crippen LogP contribution in [0.25, 0.3) is 11.1 Å². The van der Waals surface area contributed by atoms with Crippen LogP contribution >= 0.6 is 15.9 Å². The van der Waals surface area contributed by atoms with Crippen molar-refractivity contribution in [2.75, 3.05) is 18.1 Å². The molecule has 0 atom stereocenters. The second kappa shape index (κ2) is 8.32. The number of hydrogen-bond donors (Lipinski definition) is 1. The van der Waals surface area contributed by atoms with Gasteiger partial charge in [-0.05, 0) is 47.0 Å². The summed E-state index contributed by atoms with van der Waals surface area (Å²) in [4.78, 5) is 0. The van der Waals surface area contributed by atoms with Crippen molar-refractivity contribution in [1.82, 2.24) is 0 Å². The van der Waals surface area contributed by atoms with Gasteiger partial charge in [-0.1, -0.05) is 46.3 Å². The molecule has 0 aliphatic carbocycles. The maximum atomic E-state index is 15.3. The van der Waals surface area contributed by atoms with Crippen molar-refractivity contribution < 1.29 is 17.5 Å². The van der Waals surface area contributed by atoms with Gasteiger partial charge in [0.25, 0.3) is 0 Å². The fourth-order valence-corrected chi connectivity index (χ4v) is 3.91. The van der Waals surface area contributed by atoms with Gasteiger partial charge in [0, 0.05) is 16.6 Å². The van der Waals surface area contributed by atoms with E-state index in [-0.39, 0.29) is 5.82 Å². The van der Waals surface area contributed by atoms with Gasteiger partial charge >= 0.3 is 0 Å². The topological polar surface area (TPSA) is 55.4 Å². The SMILES string of the molecule is COc1ccc(Cc2ccc(NS(C)(=O)=O)cc2)c(F)c1-c1cccc(Br)c1. The van der Waals surface area contributed by atoms with Gasteiger partial charge in [0.05, 0.1) is 18.9 Å². The van der Waals surface area contributed by atoms with E-state index in [0.717, 1.165) is 21.9 Å². The van der Waals surface area contributed by atoms with Gasteiger partial charge in [0.2, 0.25) is 10.0 Å². The average Bonchev–Trinajstić information content (AvgIpc) is 2.63. The Balaban J connectivity index is 1.94. The Labute approximate surface area is 172 Å². The molecule has 0 unspecified atom stereocenters. The van der Waals surface area contributed by atoms with E-state index >= 15 is 4.39 Å². The number of methoxy groups -OCH3 is 1. The molecule has 4 nitrogen and oxygen atoms in total. The summed E-state index contributed by atoms with van der Waals surface area (Å²) in [6.07, 6.45) is 1.47. The summed E-state index contributed by atoms with van der Waals surface area (Å²) in [5.74, 6) is 0.128. The number of anilines is 1. The minimum Gasteiger partial charge on any atom is -0.496 e. The third-order valence-electron chi connectivity index (χ3n) is 4.17. The fraction of sp³-hybridized carbons (Fsp3) is 0.143. The molecule has 3 aromatic rings. The van der Waals surface area contributed by atoms with Crippen molar-refractivity contribution in [3.63, 3.8) is 0 Å². The van der Waals surface area contributed by atoms with Gasteiger partial charge in [0.15, 0.2) is 0 Å². The molecule has 3 aromatic carbocycles. The van der Waals surface area contributed by atoms with Gasteiger partial charge < -0.3 is 4.74 Å². The van der Waals surface area contributed by atoms with Gasteiger partial charge in [-0.3, -0.25) is 4.72 Å². The maximum absolute atomic E-state index is 15.3. The molecular formula is C21H19BrFNO3S. The molecule has 0 aromatic heterocycles. The maximum Gasteiger partial charge on any atom is 0.229 e.